The Balaban J connectivity index is 2.15. The van der Waals surface area contributed by atoms with Crippen molar-refractivity contribution in [3.05, 3.63) is 17.0 Å². The van der Waals surface area contributed by atoms with Crippen molar-refractivity contribution in [1.29, 1.82) is 0 Å². The van der Waals surface area contributed by atoms with E-state index in [-0.39, 0.29) is 6.61 Å². The number of aromatic nitrogens is 2. The zero-order valence-corrected chi connectivity index (χ0v) is 9.34. The van der Waals surface area contributed by atoms with Crippen molar-refractivity contribution in [3.8, 4) is 0 Å². The summed E-state index contributed by atoms with van der Waals surface area (Å²) in [6.45, 7) is 6.70. The Labute approximate surface area is 89.8 Å². The standard InChI is InChI=1S/C10H19N3O2/c1-8-10(9(2)13-12-8)7-11-3-5-15-6-4-14/h11,14H,3-7H2,1-2H3,(H,12,13). The second-order valence-corrected chi connectivity index (χ2v) is 3.43. The number of ether oxygens (including phenoxy) is 1. The molecule has 1 rings (SSSR count). The highest BCUT2D eigenvalue weighted by Crippen LogP contribution is 2.07. The molecule has 0 saturated carbocycles. The van der Waals surface area contributed by atoms with Gasteiger partial charge in [-0.1, -0.05) is 0 Å². The second-order valence-electron chi connectivity index (χ2n) is 3.43. The molecule has 1 aromatic heterocycles. The molecule has 0 unspecified atom stereocenters. The summed E-state index contributed by atoms with van der Waals surface area (Å²) in [5.74, 6) is 0. The molecular weight excluding hydrogens is 194 g/mol. The lowest BCUT2D eigenvalue weighted by molar-refractivity contribution is 0.0938. The van der Waals surface area contributed by atoms with E-state index in [0.29, 0.717) is 13.2 Å². The predicted molar refractivity (Wildman–Crippen MR) is 57.7 cm³/mol. The molecule has 5 heteroatoms. The molecule has 0 atom stereocenters. The van der Waals surface area contributed by atoms with Gasteiger partial charge in [0.1, 0.15) is 0 Å². The lowest BCUT2D eigenvalue weighted by Crippen LogP contribution is -2.20. The fourth-order valence-corrected chi connectivity index (χ4v) is 1.36. The first-order valence-electron chi connectivity index (χ1n) is 5.15. The van der Waals surface area contributed by atoms with Crippen LogP contribution < -0.4 is 5.32 Å². The van der Waals surface area contributed by atoms with Crippen molar-refractivity contribution < 1.29 is 9.84 Å². The van der Waals surface area contributed by atoms with Gasteiger partial charge in [0.25, 0.3) is 0 Å². The summed E-state index contributed by atoms with van der Waals surface area (Å²) >= 11 is 0. The number of nitrogens with zero attached hydrogens (tertiary/aromatic N) is 1. The van der Waals surface area contributed by atoms with Gasteiger partial charge in [0.05, 0.1) is 25.5 Å². The van der Waals surface area contributed by atoms with Crippen molar-refractivity contribution in [1.82, 2.24) is 15.5 Å². The summed E-state index contributed by atoms with van der Waals surface area (Å²) in [6.07, 6.45) is 0. The van der Waals surface area contributed by atoms with Gasteiger partial charge in [0.2, 0.25) is 0 Å². The summed E-state index contributed by atoms with van der Waals surface area (Å²) in [5.41, 5.74) is 3.37. The van der Waals surface area contributed by atoms with Gasteiger partial charge in [-0.25, -0.2) is 0 Å². The highest BCUT2D eigenvalue weighted by molar-refractivity contribution is 5.22. The molecular formula is C10H19N3O2. The Morgan fingerprint density at radius 3 is 2.80 bits per heavy atom. The van der Waals surface area contributed by atoms with E-state index in [0.717, 1.165) is 24.5 Å². The summed E-state index contributed by atoms with van der Waals surface area (Å²) < 4.78 is 5.13. The third-order valence-electron chi connectivity index (χ3n) is 2.24. The highest BCUT2D eigenvalue weighted by atomic mass is 16.5. The van der Waals surface area contributed by atoms with E-state index in [1.165, 1.54) is 5.56 Å². The molecule has 15 heavy (non-hydrogen) atoms. The number of hydrogen-bond donors (Lipinski definition) is 3. The molecule has 0 spiro atoms. The fourth-order valence-electron chi connectivity index (χ4n) is 1.36. The minimum atomic E-state index is 0.0833. The van der Waals surface area contributed by atoms with Gasteiger partial charge in [-0.3, -0.25) is 5.10 Å². The molecule has 1 aromatic rings. The average molecular weight is 213 g/mol. The highest BCUT2D eigenvalue weighted by Gasteiger charge is 2.04. The van der Waals surface area contributed by atoms with Gasteiger partial charge >= 0.3 is 0 Å². The Bertz CT molecular complexity index is 267. The fraction of sp³-hybridized carbons (Fsp3) is 0.700. The molecule has 0 fully saturated rings. The van der Waals surface area contributed by atoms with Gasteiger partial charge in [-0.15, -0.1) is 0 Å². The summed E-state index contributed by atoms with van der Waals surface area (Å²) in [6, 6.07) is 0. The monoisotopic (exact) mass is 213 g/mol. The number of aliphatic hydroxyl groups excluding tert-OH is 1. The Kier molecular flexibility index (Phi) is 5.31. The van der Waals surface area contributed by atoms with E-state index in [1.807, 2.05) is 13.8 Å². The van der Waals surface area contributed by atoms with Crippen LogP contribution in [0, 0.1) is 13.8 Å². The normalized spacial score (nSPS) is 10.9. The number of nitrogens with one attached hydrogen (secondary N) is 2. The first kappa shape index (κ1) is 12.2. The lowest BCUT2D eigenvalue weighted by Gasteiger charge is -2.05. The third kappa shape index (κ3) is 3.99. The minimum Gasteiger partial charge on any atom is -0.394 e. The van der Waals surface area contributed by atoms with E-state index in [2.05, 4.69) is 15.5 Å². The number of aliphatic hydroxyl groups is 1. The Morgan fingerprint density at radius 1 is 1.40 bits per heavy atom. The molecule has 0 amide bonds. The molecule has 1 heterocycles. The maximum atomic E-state index is 8.49. The second kappa shape index (κ2) is 6.55. The van der Waals surface area contributed by atoms with Crippen LogP contribution >= 0.6 is 0 Å². The minimum absolute atomic E-state index is 0.0833. The van der Waals surface area contributed by atoms with E-state index >= 15 is 0 Å². The van der Waals surface area contributed by atoms with Crippen LogP contribution in [0.1, 0.15) is 17.0 Å². The van der Waals surface area contributed by atoms with Crippen LogP contribution in [0.2, 0.25) is 0 Å². The molecule has 0 saturated heterocycles. The van der Waals surface area contributed by atoms with E-state index < -0.39 is 0 Å². The van der Waals surface area contributed by atoms with Crippen LogP contribution in [-0.4, -0.2) is 41.7 Å². The van der Waals surface area contributed by atoms with Gasteiger partial charge in [-0.05, 0) is 13.8 Å². The molecule has 0 bridgehead atoms. The maximum absolute atomic E-state index is 8.49. The topological polar surface area (TPSA) is 70.2 Å². The van der Waals surface area contributed by atoms with Crippen molar-refractivity contribution >= 4 is 0 Å². The van der Waals surface area contributed by atoms with Crippen LogP contribution in [0.25, 0.3) is 0 Å². The van der Waals surface area contributed by atoms with E-state index in [9.17, 15) is 0 Å². The average Bonchev–Trinajstić information content (AvgIpc) is 2.54. The van der Waals surface area contributed by atoms with Gasteiger partial charge in [-0.2, -0.15) is 5.10 Å². The Morgan fingerprint density at radius 2 is 2.20 bits per heavy atom. The SMILES string of the molecule is Cc1n[nH]c(C)c1CNCCOCCO. The molecule has 3 N–H and O–H groups in total. The number of H-pyrrole nitrogens is 1. The maximum Gasteiger partial charge on any atom is 0.0698 e. The summed E-state index contributed by atoms with van der Waals surface area (Å²) in [4.78, 5) is 0. The van der Waals surface area contributed by atoms with Crippen molar-refractivity contribution in [2.75, 3.05) is 26.4 Å². The molecule has 0 aliphatic heterocycles. The summed E-state index contributed by atoms with van der Waals surface area (Å²) in [7, 11) is 0. The molecule has 0 aliphatic rings. The van der Waals surface area contributed by atoms with Crippen LogP contribution in [0.3, 0.4) is 0 Å². The van der Waals surface area contributed by atoms with E-state index in [4.69, 9.17) is 9.84 Å². The molecule has 0 radical (unpaired) electrons. The van der Waals surface area contributed by atoms with Crippen molar-refractivity contribution in [2.45, 2.75) is 20.4 Å². The summed E-state index contributed by atoms with van der Waals surface area (Å²) in [5, 5.41) is 18.8. The zero-order valence-electron chi connectivity index (χ0n) is 9.34. The first-order valence-corrected chi connectivity index (χ1v) is 5.15. The molecule has 0 aromatic carbocycles. The van der Waals surface area contributed by atoms with Crippen LogP contribution in [0.5, 0.6) is 0 Å². The quantitative estimate of drug-likeness (QED) is 0.563. The number of hydrogen-bond acceptors (Lipinski definition) is 4. The first-order chi connectivity index (χ1) is 7.25. The van der Waals surface area contributed by atoms with Gasteiger partial charge < -0.3 is 15.2 Å². The van der Waals surface area contributed by atoms with E-state index in [1.54, 1.807) is 0 Å². The zero-order chi connectivity index (χ0) is 11.1. The smallest absolute Gasteiger partial charge is 0.0698 e. The van der Waals surface area contributed by atoms with Crippen molar-refractivity contribution in [2.24, 2.45) is 0 Å². The lowest BCUT2D eigenvalue weighted by atomic mass is 10.2. The predicted octanol–water partition coefficient (Wildman–Crippen LogP) is 0.125. The molecule has 86 valence electrons. The number of aryl methyl sites for hydroxylation is 2. The number of rotatable bonds is 7. The van der Waals surface area contributed by atoms with Crippen LogP contribution in [0.15, 0.2) is 0 Å². The number of aromatic amines is 1. The third-order valence-corrected chi connectivity index (χ3v) is 2.24. The Hall–Kier alpha value is -0.910. The van der Waals surface area contributed by atoms with Crippen LogP contribution in [-0.2, 0) is 11.3 Å². The largest absolute Gasteiger partial charge is 0.394 e. The molecule has 5 nitrogen and oxygen atoms in total. The van der Waals surface area contributed by atoms with Crippen LogP contribution in [0.4, 0.5) is 0 Å². The van der Waals surface area contributed by atoms with Gasteiger partial charge in [0.15, 0.2) is 0 Å². The van der Waals surface area contributed by atoms with Crippen molar-refractivity contribution in [3.63, 3.8) is 0 Å². The van der Waals surface area contributed by atoms with Gasteiger partial charge in [0, 0.05) is 24.3 Å². The molecule has 0 aliphatic carbocycles.